The van der Waals surface area contributed by atoms with Crippen molar-refractivity contribution < 1.29 is 9.66 Å². The summed E-state index contributed by atoms with van der Waals surface area (Å²) in [6, 6.07) is 23.1. The number of rotatable bonds is 10. The lowest BCUT2D eigenvalue weighted by molar-refractivity contribution is -0.384. The highest BCUT2D eigenvalue weighted by molar-refractivity contribution is 6.33. The van der Waals surface area contributed by atoms with Crippen LogP contribution in [0.15, 0.2) is 83.0 Å². The molecule has 3 rings (SSSR count). The minimum absolute atomic E-state index is 0.105. The van der Waals surface area contributed by atoms with E-state index >= 15 is 0 Å². The number of hydrogen-bond donors (Lipinski definition) is 0. The van der Waals surface area contributed by atoms with E-state index in [-0.39, 0.29) is 10.7 Å². The zero-order chi connectivity index (χ0) is 22.8. The van der Waals surface area contributed by atoms with E-state index in [9.17, 15) is 10.1 Å². The summed E-state index contributed by atoms with van der Waals surface area (Å²) in [5.41, 5.74) is 1.77. The molecule has 0 saturated carbocycles. The molecular weight excluding hydrogens is 430 g/mol. The molecule has 0 aliphatic heterocycles. The molecule has 0 aliphatic rings. The van der Waals surface area contributed by atoms with Crippen LogP contribution in [0.4, 0.5) is 22.7 Å². The number of nitro benzene ring substituents is 1. The quantitative estimate of drug-likeness (QED) is 0.200. The van der Waals surface area contributed by atoms with E-state index in [0.717, 1.165) is 11.4 Å². The molecule has 0 fully saturated rings. The van der Waals surface area contributed by atoms with Crippen LogP contribution in [-0.4, -0.2) is 24.6 Å². The molecule has 0 heterocycles. The van der Waals surface area contributed by atoms with Crippen LogP contribution in [0.2, 0.25) is 5.02 Å². The molecule has 8 nitrogen and oxygen atoms in total. The molecule has 0 unspecified atom stereocenters. The number of azo groups is 1. The number of non-ortho nitro benzene ring substituents is 1. The molecule has 0 saturated heterocycles. The third kappa shape index (κ3) is 6.52. The minimum atomic E-state index is -0.519. The third-order valence-corrected chi connectivity index (χ3v) is 4.80. The molecule has 0 radical (unpaired) electrons. The van der Waals surface area contributed by atoms with Crippen molar-refractivity contribution >= 4 is 34.4 Å². The minimum Gasteiger partial charge on any atom is -0.492 e. The summed E-state index contributed by atoms with van der Waals surface area (Å²) < 4.78 is 5.77. The average Bonchev–Trinajstić information content (AvgIpc) is 2.81. The Hall–Kier alpha value is -3.96. The van der Waals surface area contributed by atoms with Crippen molar-refractivity contribution in [2.24, 2.45) is 10.2 Å². The second-order valence-corrected chi connectivity index (χ2v) is 7.07. The van der Waals surface area contributed by atoms with E-state index in [1.54, 1.807) is 12.1 Å². The van der Waals surface area contributed by atoms with Crippen LogP contribution >= 0.6 is 11.6 Å². The standard InChI is InChI=1S/C23H20ClN5O3/c24-22-17-20(29(30)31)11-12-23(22)27-26-18-7-9-19(10-8-18)28(14-4-13-25)15-16-32-21-5-2-1-3-6-21/h1-3,5-12,17H,4,14-16H2. The van der Waals surface area contributed by atoms with Gasteiger partial charge >= 0.3 is 0 Å². The van der Waals surface area contributed by atoms with Crippen LogP contribution in [0.1, 0.15) is 6.42 Å². The Kier molecular flexibility index (Phi) is 8.12. The second-order valence-electron chi connectivity index (χ2n) is 6.67. The van der Waals surface area contributed by atoms with Gasteiger partial charge in [-0.2, -0.15) is 10.4 Å². The number of nitrogens with zero attached hydrogens (tertiary/aromatic N) is 5. The van der Waals surface area contributed by atoms with Crippen molar-refractivity contribution in [1.82, 2.24) is 0 Å². The maximum Gasteiger partial charge on any atom is 0.271 e. The van der Waals surface area contributed by atoms with E-state index in [4.69, 9.17) is 21.6 Å². The van der Waals surface area contributed by atoms with Crippen LogP contribution in [0.25, 0.3) is 0 Å². The van der Waals surface area contributed by atoms with E-state index in [1.165, 1.54) is 18.2 Å². The number of benzene rings is 3. The van der Waals surface area contributed by atoms with Crippen molar-refractivity contribution in [2.45, 2.75) is 6.42 Å². The van der Waals surface area contributed by atoms with Gasteiger partial charge in [0.1, 0.15) is 18.0 Å². The van der Waals surface area contributed by atoms with Crippen LogP contribution in [0.5, 0.6) is 5.75 Å². The van der Waals surface area contributed by atoms with Crippen molar-refractivity contribution in [3.05, 3.63) is 87.9 Å². The van der Waals surface area contributed by atoms with Crippen LogP contribution in [0.3, 0.4) is 0 Å². The Morgan fingerprint density at radius 3 is 2.44 bits per heavy atom. The van der Waals surface area contributed by atoms with Gasteiger partial charge in [-0.1, -0.05) is 29.8 Å². The molecule has 0 amide bonds. The fraction of sp³-hybridized carbons (Fsp3) is 0.174. The van der Waals surface area contributed by atoms with Gasteiger partial charge in [0.25, 0.3) is 5.69 Å². The molecular formula is C23H20ClN5O3. The molecule has 0 aromatic heterocycles. The largest absolute Gasteiger partial charge is 0.492 e. The molecule has 0 aliphatic carbocycles. The van der Waals surface area contributed by atoms with Crippen molar-refractivity contribution in [3.8, 4) is 11.8 Å². The summed E-state index contributed by atoms with van der Waals surface area (Å²) in [4.78, 5) is 12.3. The van der Waals surface area contributed by atoms with Gasteiger partial charge in [0.2, 0.25) is 0 Å². The van der Waals surface area contributed by atoms with Gasteiger partial charge in [-0.25, -0.2) is 0 Å². The van der Waals surface area contributed by atoms with Crippen LogP contribution < -0.4 is 9.64 Å². The van der Waals surface area contributed by atoms with Gasteiger partial charge in [-0.15, -0.1) is 5.11 Å². The number of ether oxygens (including phenoxy) is 1. The SMILES string of the molecule is N#CCCN(CCOc1ccccc1)c1ccc(N=Nc2ccc([N+](=O)[O-])cc2Cl)cc1. The first-order valence-corrected chi connectivity index (χ1v) is 10.2. The normalized spacial score (nSPS) is 10.6. The molecule has 3 aromatic rings. The lowest BCUT2D eigenvalue weighted by Crippen LogP contribution is -2.29. The topological polar surface area (TPSA) is 104 Å². The Balaban J connectivity index is 1.65. The fourth-order valence-electron chi connectivity index (χ4n) is 2.88. The highest BCUT2D eigenvalue weighted by Crippen LogP contribution is 2.30. The first-order chi connectivity index (χ1) is 15.6. The van der Waals surface area contributed by atoms with E-state index in [1.807, 2.05) is 42.5 Å². The monoisotopic (exact) mass is 449 g/mol. The van der Waals surface area contributed by atoms with Gasteiger partial charge in [0, 0.05) is 24.4 Å². The second kappa shape index (κ2) is 11.4. The number of hydrogen-bond acceptors (Lipinski definition) is 7. The maximum atomic E-state index is 10.8. The predicted octanol–water partition coefficient (Wildman–Crippen LogP) is 6.46. The summed E-state index contributed by atoms with van der Waals surface area (Å²) in [7, 11) is 0. The van der Waals surface area contributed by atoms with Crippen LogP contribution in [0, 0.1) is 21.4 Å². The number of anilines is 1. The Morgan fingerprint density at radius 1 is 1.03 bits per heavy atom. The number of nitro groups is 1. The lowest BCUT2D eigenvalue weighted by Gasteiger charge is -2.24. The maximum absolute atomic E-state index is 10.8. The Labute approximate surface area is 190 Å². The zero-order valence-electron chi connectivity index (χ0n) is 17.1. The fourth-order valence-corrected chi connectivity index (χ4v) is 3.09. The van der Waals surface area contributed by atoms with Gasteiger partial charge in [-0.05, 0) is 42.5 Å². The molecule has 0 bridgehead atoms. The number of para-hydroxylation sites is 1. The summed E-state index contributed by atoms with van der Waals surface area (Å²) in [6.45, 7) is 1.68. The summed E-state index contributed by atoms with van der Waals surface area (Å²) >= 11 is 6.04. The van der Waals surface area contributed by atoms with Gasteiger partial charge in [-0.3, -0.25) is 10.1 Å². The van der Waals surface area contributed by atoms with Crippen molar-refractivity contribution in [1.29, 1.82) is 5.26 Å². The molecule has 32 heavy (non-hydrogen) atoms. The molecule has 0 N–H and O–H groups in total. The summed E-state index contributed by atoms with van der Waals surface area (Å²) in [5, 5.41) is 28.2. The van der Waals surface area contributed by atoms with Crippen LogP contribution in [-0.2, 0) is 0 Å². The smallest absolute Gasteiger partial charge is 0.271 e. The van der Waals surface area contributed by atoms with Gasteiger partial charge < -0.3 is 9.64 Å². The van der Waals surface area contributed by atoms with Crippen molar-refractivity contribution in [2.75, 3.05) is 24.6 Å². The Bertz CT molecular complexity index is 1110. The molecule has 0 atom stereocenters. The van der Waals surface area contributed by atoms with Gasteiger partial charge in [0.05, 0.1) is 34.7 Å². The third-order valence-electron chi connectivity index (χ3n) is 4.50. The molecule has 0 spiro atoms. The van der Waals surface area contributed by atoms with Gasteiger partial charge in [0.15, 0.2) is 0 Å². The molecule has 9 heteroatoms. The number of nitriles is 1. The predicted molar refractivity (Wildman–Crippen MR) is 123 cm³/mol. The van der Waals surface area contributed by atoms with E-state index < -0.39 is 4.92 Å². The Morgan fingerprint density at radius 2 is 1.78 bits per heavy atom. The average molecular weight is 450 g/mol. The highest BCUT2D eigenvalue weighted by atomic mass is 35.5. The summed E-state index contributed by atoms with van der Waals surface area (Å²) in [6.07, 6.45) is 0.394. The first-order valence-electron chi connectivity index (χ1n) is 9.82. The van der Waals surface area contributed by atoms with E-state index in [0.29, 0.717) is 37.5 Å². The first kappa shape index (κ1) is 22.7. The van der Waals surface area contributed by atoms with E-state index in [2.05, 4.69) is 21.2 Å². The number of halogens is 1. The zero-order valence-corrected chi connectivity index (χ0v) is 17.9. The lowest BCUT2D eigenvalue weighted by atomic mass is 10.2. The van der Waals surface area contributed by atoms with Crippen molar-refractivity contribution in [3.63, 3.8) is 0 Å². The highest BCUT2D eigenvalue weighted by Gasteiger charge is 2.10. The molecule has 3 aromatic carbocycles. The summed E-state index contributed by atoms with van der Waals surface area (Å²) in [5.74, 6) is 0.799. The molecule has 162 valence electrons.